The van der Waals surface area contributed by atoms with Crippen molar-refractivity contribution in [1.82, 2.24) is 4.98 Å². The van der Waals surface area contributed by atoms with Gasteiger partial charge in [-0.25, -0.2) is 4.79 Å². The van der Waals surface area contributed by atoms with Gasteiger partial charge in [0.15, 0.2) is 0 Å². The molecule has 3 heteroatoms. The molecule has 0 saturated heterocycles. The molecule has 0 aliphatic heterocycles. The summed E-state index contributed by atoms with van der Waals surface area (Å²) in [5.41, 5.74) is 2.13. The smallest absolute Gasteiger partial charge is 0.335 e. The zero-order chi connectivity index (χ0) is 12.1. The van der Waals surface area contributed by atoms with Crippen molar-refractivity contribution in [3.05, 3.63) is 65.5 Å². The highest BCUT2D eigenvalue weighted by molar-refractivity contribution is 5.88. The standard InChI is InChI=1S/C14H11NO2/c16-14(17)13-5-1-3-11(9-13)6-7-12-4-2-8-15-10-12/h1-10H,(H,16,17). The minimum Gasteiger partial charge on any atom is -0.478 e. The summed E-state index contributed by atoms with van der Waals surface area (Å²) in [7, 11) is 0. The minimum absolute atomic E-state index is 0.290. The lowest BCUT2D eigenvalue weighted by Gasteiger charge is -1.97. The molecule has 0 spiro atoms. The fraction of sp³-hybridized carbons (Fsp3) is 0. The molecular formula is C14H11NO2. The third-order valence-corrected chi connectivity index (χ3v) is 2.29. The van der Waals surface area contributed by atoms with E-state index in [9.17, 15) is 4.79 Å². The molecule has 17 heavy (non-hydrogen) atoms. The van der Waals surface area contributed by atoms with Crippen LogP contribution in [0.15, 0.2) is 48.8 Å². The van der Waals surface area contributed by atoms with Gasteiger partial charge in [-0.05, 0) is 29.3 Å². The minimum atomic E-state index is -0.915. The van der Waals surface area contributed by atoms with E-state index in [2.05, 4.69) is 4.98 Å². The number of carbonyl (C=O) groups is 1. The maximum absolute atomic E-state index is 10.8. The van der Waals surface area contributed by atoms with E-state index in [1.807, 2.05) is 30.4 Å². The van der Waals surface area contributed by atoms with Crippen LogP contribution in [0.4, 0.5) is 0 Å². The Morgan fingerprint density at radius 3 is 2.59 bits per heavy atom. The summed E-state index contributed by atoms with van der Waals surface area (Å²) < 4.78 is 0. The number of nitrogens with zero attached hydrogens (tertiary/aromatic N) is 1. The molecule has 0 amide bonds. The molecular weight excluding hydrogens is 214 g/mol. The first-order valence-corrected chi connectivity index (χ1v) is 5.17. The lowest BCUT2D eigenvalue weighted by Crippen LogP contribution is -1.95. The van der Waals surface area contributed by atoms with Gasteiger partial charge in [-0.15, -0.1) is 0 Å². The molecule has 0 aliphatic rings. The van der Waals surface area contributed by atoms with Gasteiger partial charge in [-0.3, -0.25) is 4.98 Å². The summed E-state index contributed by atoms with van der Waals surface area (Å²) >= 11 is 0. The predicted molar refractivity (Wildman–Crippen MR) is 66.6 cm³/mol. The summed E-state index contributed by atoms with van der Waals surface area (Å²) in [6.07, 6.45) is 7.22. The second kappa shape index (κ2) is 5.07. The van der Waals surface area contributed by atoms with Crippen LogP contribution in [0, 0.1) is 0 Å². The molecule has 1 heterocycles. The molecule has 2 aromatic rings. The van der Waals surface area contributed by atoms with Crippen LogP contribution in [-0.4, -0.2) is 16.1 Å². The number of benzene rings is 1. The lowest BCUT2D eigenvalue weighted by molar-refractivity contribution is 0.0697. The van der Waals surface area contributed by atoms with Crippen molar-refractivity contribution in [2.24, 2.45) is 0 Å². The third-order valence-electron chi connectivity index (χ3n) is 2.29. The van der Waals surface area contributed by atoms with E-state index in [-0.39, 0.29) is 0 Å². The van der Waals surface area contributed by atoms with Crippen LogP contribution in [0.3, 0.4) is 0 Å². The molecule has 2 rings (SSSR count). The first kappa shape index (κ1) is 11.1. The molecule has 0 atom stereocenters. The van der Waals surface area contributed by atoms with Crippen molar-refractivity contribution in [1.29, 1.82) is 0 Å². The number of hydrogen-bond donors (Lipinski definition) is 1. The van der Waals surface area contributed by atoms with Crippen LogP contribution in [0.5, 0.6) is 0 Å². The highest BCUT2D eigenvalue weighted by atomic mass is 16.4. The molecule has 0 aliphatic carbocycles. The quantitative estimate of drug-likeness (QED) is 0.873. The number of rotatable bonds is 3. The fourth-order valence-electron chi connectivity index (χ4n) is 1.44. The molecule has 0 bridgehead atoms. The number of hydrogen-bond acceptors (Lipinski definition) is 2. The lowest BCUT2D eigenvalue weighted by atomic mass is 10.1. The molecule has 1 aromatic heterocycles. The number of carboxylic acid groups (broad SMARTS) is 1. The van der Waals surface area contributed by atoms with Gasteiger partial charge in [0.25, 0.3) is 0 Å². The van der Waals surface area contributed by atoms with Crippen LogP contribution < -0.4 is 0 Å². The van der Waals surface area contributed by atoms with Crippen LogP contribution in [0.2, 0.25) is 0 Å². The van der Waals surface area contributed by atoms with Gasteiger partial charge in [0.05, 0.1) is 5.56 Å². The Morgan fingerprint density at radius 2 is 1.88 bits per heavy atom. The van der Waals surface area contributed by atoms with Gasteiger partial charge in [0.2, 0.25) is 0 Å². The van der Waals surface area contributed by atoms with Gasteiger partial charge < -0.3 is 5.11 Å². The van der Waals surface area contributed by atoms with E-state index < -0.39 is 5.97 Å². The van der Waals surface area contributed by atoms with Gasteiger partial charge in [-0.2, -0.15) is 0 Å². The molecule has 3 nitrogen and oxygen atoms in total. The van der Waals surface area contributed by atoms with Crippen LogP contribution in [0.1, 0.15) is 21.5 Å². The van der Waals surface area contributed by atoms with Gasteiger partial charge in [-0.1, -0.05) is 30.4 Å². The second-order valence-corrected chi connectivity index (χ2v) is 3.55. The van der Waals surface area contributed by atoms with Gasteiger partial charge >= 0.3 is 5.97 Å². The molecule has 0 radical (unpaired) electrons. The Hall–Kier alpha value is -2.42. The van der Waals surface area contributed by atoms with E-state index in [4.69, 9.17) is 5.11 Å². The van der Waals surface area contributed by atoms with Crippen molar-refractivity contribution < 1.29 is 9.90 Å². The van der Waals surface area contributed by atoms with Crippen LogP contribution in [-0.2, 0) is 0 Å². The largest absolute Gasteiger partial charge is 0.478 e. The van der Waals surface area contributed by atoms with E-state index in [0.29, 0.717) is 5.56 Å². The fourth-order valence-corrected chi connectivity index (χ4v) is 1.44. The third kappa shape index (κ3) is 3.01. The molecule has 0 unspecified atom stereocenters. The van der Waals surface area contributed by atoms with Gasteiger partial charge in [0, 0.05) is 12.4 Å². The van der Waals surface area contributed by atoms with Crippen molar-refractivity contribution in [2.45, 2.75) is 0 Å². The maximum Gasteiger partial charge on any atom is 0.335 e. The Labute approximate surface area is 99.1 Å². The Kier molecular flexibility index (Phi) is 3.31. The number of aromatic nitrogens is 1. The molecule has 84 valence electrons. The van der Waals surface area contributed by atoms with Crippen molar-refractivity contribution in [2.75, 3.05) is 0 Å². The van der Waals surface area contributed by atoms with Crippen molar-refractivity contribution in [3.8, 4) is 0 Å². The highest BCUT2D eigenvalue weighted by Gasteiger charge is 2.00. The van der Waals surface area contributed by atoms with Crippen molar-refractivity contribution in [3.63, 3.8) is 0 Å². The normalized spacial score (nSPS) is 10.6. The SMILES string of the molecule is O=C(O)c1cccc(C=Cc2cccnc2)c1. The second-order valence-electron chi connectivity index (χ2n) is 3.55. The summed E-state index contributed by atoms with van der Waals surface area (Å²) in [6, 6.07) is 10.6. The van der Waals surface area contributed by atoms with E-state index in [1.165, 1.54) is 0 Å². The summed E-state index contributed by atoms with van der Waals surface area (Å²) in [5.74, 6) is -0.915. The van der Waals surface area contributed by atoms with E-state index in [1.54, 1.807) is 30.6 Å². The maximum atomic E-state index is 10.8. The Bertz CT molecular complexity index is 547. The van der Waals surface area contributed by atoms with Gasteiger partial charge in [0.1, 0.15) is 0 Å². The zero-order valence-corrected chi connectivity index (χ0v) is 9.08. The molecule has 0 fully saturated rings. The van der Waals surface area contributed by atoms with Crippen molar-refractivity contribution >= 4 is 18.1 Å². The summed E-state index contributed by atoms with van der Waals surface area (Å²) in [4.78, 5) is 14.8. The summed E-state index contributed by atoms with van der Waals surface area (Å²) in [6.45, 7) is 0. The summed E-state index contributed by atoms with van der Waals surface area (Å²) in [5, 5.41) is 8.86. The highest BCUT2D eigenvalue weighted by Crippen LogP contribution is 2.09. The number of aromatic carboxylic acids is 1. The number of pyridine rings is 1. The average molecular weight is 225 g/mol. The first-order valence-electron chi connectivity index (χ1n) is 5.17. The topological polar surface area (TPSA) is 50.2 Å². The molecule has 1 N–H and O–H groups in total. The monoisotopic (exact) mass is 225 g/mol. The number of carboxylic acids is 1. The predicted octanol–water partition coefficient (Wildman–Crippen LogP) is 2.95. The van der Waals surface area contributed by atoms with E-state index in [0.717, 1.165) is 11.1 Å². The average Bonchev–Trinajstić information content (AvgIpc) is 2.38. The molecule has 1 aromatic carbocycles. The molecule has 0 saturated carbocycles. The Balaban J connectivity index is 2.22. The Morgan fingerprint density at radius 1 is 1.12 bits per heavy atom. The zero-order valence-electron chi connectivity index (χ0n) is 9.08. The first-order chi connectivity index (χ1) is 8.25. The van der Waals surface area contributed by atoms with Crippen LogP contribution in [0.25, 0.3) is 12.2 Å². The van der Waals surface area contributed by atoms with Crippen LogP contribution >= 0.6 is 0 Å². The van der Waals surface area contributed by atoms with E-state index >= 15 is 0 Å².